The number of esters is 1. The van der Waals surface area contributed by atoms with Crippen LogP contribution in [0.4, 0.5) is 0 Å². The topological polar surface area (TPSA) is 38.3 Å². The van der Waals surface area contributed by atoms with Gasteiger partial charge in [0.2, 0.25) is 0 Å². The molecular formula is C16H29NO2. The van der Waals surface area contributed by atoms with Crippen molar-refractivity contribution in [2.45, 2.75) is 76.8 Å². The third-order valence-electron chi connectivity index (χ3n) is 5.25. The molecule has 2 rings (SSSR count). The first-order chi connectivity index (χ1) is 9.08. The summed E-state index contributed by atoms with van der Waals surface area (Å²) in [5.41, 5.74) is -0.427. The van der Waals surface area contributed by atoms with Crippen LogP contribution in [-0.2, 0) is 9.53 Å². The Kier molecular flexibility index (Phi) is 4.88. The zero-order valence-electron chi connectivity index (χ0n) is 12.7. The monoisotopic (exact) mass is 267 g/mol. The van der Waals surface area contributed by atoms with Gasteiger partial charge >= 0.3 is 5.97 Å². The van der Waals surface area contributed by atoms with Crippen molar-refractivity contribution in [1.29, 1.82) is 0 Å². The second kappa shape index (κ2) is 6.25. The van der Waals surface area contributed by atoms with Crippen molar-refractivity contribution in [2.75, 3.05) is 7.11 Å². The highest BCUT2D eigenvalue weighted by molar-refractivity contribution is 5.81. The fourth-order valence-electron chi connectivity index (χ4n) is 4.01. The Bertz CT molecular complexity index is 312. The first-order valence-corrected chi connectivity index (χ1v) is 7.94. The van der Waals surface area contributed by atoms with E-state index in [4.69, 9.17) is 4.74 Å². The minimum absolute atomic E-state index is 0.0440. The van der Waals surface area contributed by atoms with Gasteiger partial charge in [-0.25, -0.2) is 0 Å². The fraction of sp³-hybridized carbons (Fsp3) is 0.938. The summed E-state index contributed by atoms with van der Waals surface area (Å²) in [6, 6.07) is 0.503. The van der Waals surface area contributed by atoms with Gasteiger partial charge < -0.3 is 4.74 Å². The zero-order valence-corrected chi connectivity index (χ0v) is 12.7. The molecule has 0 spiro atoms. The fourth-order valence-corrected chi connectivity index (χ4v) is 4.01. The Hall–Kier alpha value is -0.570. The van der Waals surface area contributed by atoms with E-state index in [1.54, 1.807) is 0 Å². The van der Waals surface area contributed by atoms with Crippen LogP contribution in [0.1, 0.15) is 65.2 Å². The molecule has 0 saturated heterocycles. The number of hydrogen-bond acceptors (Lipinski definition) is 3. The highest BCUT2D eigenvalue weighted by atomic mass is 16.5. The molecule has 3 nitrogen and oxygen atoms in total. The highest BCUT2D eigenvalue weighted by Gasteiger charge is 2.48. The Morgan fingerprint density at radius 1 is 1.16 bits per heavy atom. The Balaban J connectivity index is 2.12. The SMILES string of the molecule is COC(=O)C1(NC2CCCCC2)CCC(C)CC1C. The minimum atomic E-state index is -0.427. The predicted molar refractivity (Wildman–Crippen MR) is 76.9 cm³/mol. The number of methoxy groups -OCH3 is 1. The van der Waals surface area contributed by atoms with Crippen molar-refractivity contribution < 1.29 is 9.53 Å². The molecule has 0 heterocycles. The third kappa shape index (κ3) is 3.13. The lowest BCUT2D eigenvalue weighted by atomic mass is 9.69. The molecule has 3 unspecified atom stereocenters. The summed E-state index contributed by atoms with van der Waals surface area (Å²) in [7, 11) is 1.53. The molecule has 2 aliphatic rings. The first-order valence-electron chi connectivity index (χ1n) is 7.94. The summed E-state index contributed by atoms with van der Waals surface area (Å²) < 4.78 is 5.14. The van der Waals surface area contributed by atoms with Crippen LogP contribution in [0.3, 0.4) is 0 Å². The van der Waals surface area contributed by atoms with E-state index in [1.807, 2.05) is 0 Å². The molecule has 0 aliphatic heterocycles. The summed E-state index contributed by atoms with van der Waals surface area (Å²) >= 11 is 0. The third-order valence-corrected chi connectivity index (χ3v) is 5.25. The van der Waals surface area contributed by atoms with Gasteiger partial charge in [0.05, 0.1) is 7.11 Å². The Morgan fingerprint density at radius 2 is 1.84 bits per heavy atom. The van der Waals surface area contributed by atoms with Gasteiger partial charge in [0, 0.05) is 6.04 Å². The molecule has 0 aromatic heterocycles. The molecule has 0 radical (unpaired) electrons. The van der Waals surface area contributed by atoms with Crippen molar-refractivity contribution >= 4 is 5.97 Å². The molecule has 19 heavy (non-hydrogen) atoms. The van der Waals surface area contributed by atoms with Gasteiger partial charge in [-0.1, -0.05) is 33.1 Å². The largest absolute Gasteiger partial charge is 0.468 e. The van der Waals surface area contributed by atoms with Crippen molar-refractivity contribution in [1.82, 2.24) is 5.32 Å². The molecule has 2 aliphatic carbocycles. The zero-order chi connectivity index (χ0) is 13.9. The molecule has 0 amide bonds. The second-order valence-electron chi connectivity index (χ2n) is 6.72. The first kappa shape index (κ1) is 14.8. The van der Waals surface area contributed by atoms with Gasteiger partial charge in [-0.2, -0.15) is 0 Å². The molecule has 1 N–H and O–H groups in total. The van der Waals surface area contributed by atoms with Crippen LogP contribution >= 0.6 is 0 Å². The van der Waals surface area contributed by atoms with Crippen molar-refractivity contribution in [3.8, 4) is 0 Å². The maximum absolute atomic E-state index is 12.4. The average Bonchev–Trinajstić information content (AvgIpc) is 2.42. The molecule has 0 bridgehead atoms. The number of carbonyl (C=O) groups is 1. The smallest absolute Gasteiger partial charge is 0.326 e. The molecule has 0 aromatic carbocycles. The van der Waals surface area contributed by atoms with Crippen LogP contribution in [0, 0.1) is 11.8 Å². The average molecular weight is 267 g/mol. The van der Waals surface area contributed by atoms with Crippen molar-refractivity contribution in [3.63, 3.8) is 0 Å². The highest BCUT2D eigenvalue weighted by Crippen LogP contribution is 2.39. The number of ether oxygens (including phenoxy) is 1. The second-order valence-corrected chi connectivity index (χ2v) is 6.72. The minimum Gasteiger partial charge on any atom is -0.468 e. The van der Waals surface area contributed by atoms with Gasteiger partial charge in [-0.15, -0.1) is 0 Å². The van der Waals surface area contributed by atoms with E-state index >= 15 is 0 Å². The molecular weight excluding hydrogens is 238 g/mol. The molecule has 0 aromatic rings. The molecule has 2 saturated carbocycles. The van der Waals surface area contributed by atoms with Gasteiger partial charge in [-0.05, 0) is 43.9 Å². The Labute approximate surface area is 117 Å². The van der Waals surface area contributed by atoms with Crippen LogP contribution in [0.25, 0.3) is 0 Å². The summed E-state index contributed by atoms with van der Waals surface area (Å²) in [5, 5.41) is 3.72. The number of rotatable bonds is 3. The maximum atomic E-state index is 12.4. The molecule has 2 fully saturated rings. The normalized spacial score (nSPS) is 37.0. The van der Waals surface area contributed by atoms with Gasteiger partial charge in [0.1, 0.15) is 5.54 Å². The van der Waals surface area contributed by atoms with Crippen molar-refractivity contribution in [2.24, 2.45) is 11.8 Å². The Morgan fingerprint density at radius 3 is 2.42 bits per heavy atom. The van der Waals surface area contributed by atoms with E-state index in [2.05, 4.69) is 19.2 Å². The van der Waals surface area contributed by atoms with Crippen LogP contribution in [0.2, 0.25) is 0 Å². The lowest BCUT2D eigenvalue weighted by Gasteiger charge is -2.45. The van der Waals surface area contributed by atoms with Crippen LogP contribution in [0.5, 0.6) is 0 Å². The standard InChI is InChI=1S/C16H29NO2/c1-12-9-10-16(13(2)11-12,15(18)19-3)17-14-7-5-4-6-8-14/h12-14,17H,4-11H2,1-3H3. The maximum Gasteiger partial charge on any atom is 0.326 e. The summed E-state index contributed by atoms with van der Waals surface area (Å²) in [6.07, 6.45) is 9.52. The van der Waals surface area contributed by atoms with Gasteiger partial charge in [0.25, 0.3) is 0 Å². The summed E-state index contributed by atoms with van der Waals surface area (Å²) in [6.45, 7) is 4.50. The van der Waals surface area contributed by atoms with E-state index in [9.17, 15) is 4.79 Å². The van der Waals surface area contributed by atoms with Gasteiger partial charge in [-0.3, -0.25) is 10.1 Å². The van der Waals surface area contributed by atoms with E-state index in [-0.39, 0.29) is 5.97 Å². The summed E-state index contributed by atoms with van der Waals surface area (Å²) in [5.74, 6) is 1.05. The van der Waals surface area contributed by atoms with E-state index in [0.29, 0.717) is 12.0 Å². The molecule has 3 heteroatoms. The lowest BCUT2D eigenvalue weighted by molar-refractivity contribution is -0.154. The molecule has 3 atom stereocenters. The predicted octanol–water partition coefficient (Wildman–Crippen LogP) is 3.28. The van der Waals surface area contributed by atoms with Crippen molar-refractivity contribution in [3.05, 3.63) is 0 Å². The van der Waals surface area contributed by atoms with E-state index in [1.165, 1.54) is 39.2 Å². The lowest BCUT2D eigenvalue weighted by Crippen LogP contribution is -2.62. The van der Waals surface area contributed by atoms with Crippen LogP contribution in [0.15, 0.2) is 0 Å². The molecule has 110 valence electrons. The van der Waals surface area contributed by atoms with Crippen LogP contribution in [-0.4, -0.2) is 24.7 Å². The number of nitrogens with one attached hydrogen (secondary N) is 1. The quantitative estimate of drug-likeness (QED) is 0.798. The van der Waals surface area contributed by atoms with E-state index in [0.717, 1.165) is 25.2 Å². The van der Waals surface area contributed by atoms with Gasteiger partial charge in [0.15, 0.2) is 0 Å². The number of hydrogen-bond donors (Lipinski definition) is 1. The van der Waals surface area contributed by atoms with E-state index < -0.39 is 5.54 Å². The van der Waals surface area contributed by atoms with Crippen LogP contribution < -0.4 is 5.32 Å². The number of carbonyl (C=O) groups excluding carboxylic acids is 1. The summed E-state index contributed by atoms with van der Waals surface area (Å²) in [4.78, 5) is 12.4.